The van der Waals surface area contributed by atoms with Crippen molar-refractivity contribution < 1.29 is 15.0 Å². The first-order valence-electron chi connectivity index (χ1n) is 8.22. The number of nitrogens with zero attached hydrogens (tertiary/aromatic N) is 3. The van der Waals surface area contributed by atoms with Crippen molar-refractivity contribution in [3.05, 3.63) is 45.9 Å². The number of nitrogens with one attached hydrogen (secondary N) is 1. The molecule has 3 aromatic rings. The zero-order valence-electron chi connectivity index (χ0n) is 14.7. The molecule has 0 saturated carbocycles. The van der Waals surface area contributed by atoms with Crippen molar-refractivity contribution in [2.24, 2.45) is 0 Å². The Bertz CT molecular complexity index is 1030. The lowest BCUT2D eigenvalue weighted by Crippen LogP contribution is -2.14. The van der Waals surface area contributed by atoms with Gasteiger partial charge in [-0.2, -0.15) is 0 Å². The van der Waals surface area contributed by atoms with Crippen LogP contribution in [0.5, 0.6) is 11.5 Å². The van der Waals surface area contributed by atoms with Crippen molar-refractivity contribution in [2.45, 2.75) is 18.6 Å². The summed E-state index contributed by atoms with van der Waals surface area (Å²) < 4.78 is 2.63. The molecule has 0 spiro atoms. The van der Waals surface area contributed by atoms with Gasteiger partial charge in [-0.1, -0.05) is 39.3 Å². The fraction of sp³-hybridized carbons (Fsp3) is 0.167. The van der Waals surface area contributed by atoms with Crippen molar-refractivity contribution in [3.63, 3.8) is 0 Å². The van der Waals surface area contributed by atoms with E-state index in [-0.39, 0.29) is 28.8 Å². The Morgan fingerprint density at radius 2 is 2.00 bits per heavy atom. The number of hydrogen-bond donors (Lipinski definition) is 3. The van der Waals surface area contributed by atoms with Gasteiger partial charge in [0.15, 0.2) is 11.0 Å². The van der Waals surface area contributed by atoms with Crippen LogP contribution >= 0.6 is 39.3 Å². The Hall–Kier alpha value is -2.23. The molecule has 28 heavy (non-hydrogen) atoms. The van der Waals surface area contributed by atoms with Gasteiger partial charge in [-0.15, -0.1) is 10.2 Å². The lowest BCUT2D eigenvalue weighted by Gasteiger charge is -2.10. The number of thioether (sulfide) groups is 1. The summed E-state index contributed by atoms with van der Waals surface area (Å²) in [5.74, 6) is 0.275. The van der Waals surface area contributed by atoms with Gasteiger partial charge in [-0.3, -0.25) is 4.79 Å². The van der Waals surface area contributed by atoms with Gasteiger partial charge in [0.2, 0.25) is 5.91 Å². The fourth-order valence-corrected chi connectivity index (χ4v) is 3.82. The minimum Gasteiger partial charge on any atom is -0.507 e. The number of hydrogen-bond acceptors (Lipinski definition) is 6. The molecule has 3 N–H and O–H groups in total. The lowest BCUT2D eigenvalue weighted by molar-refractivity contribution is -0.113. The predicted molar refractivity (Wildman–Crippen MR) is 113 cm³/mol. The van der Waals surface area contributed by atoms with Crippen LogP contribution in [0.25, 0.3) is 11.4 Å². The second-order valence-electron chi connectivity index (χ2n) is 5.71. The first kappa shape index (κ1) is 20.5. The van der Waals surface area contributed by atoms with E-state index in [1.807, 2.05) is 11.5 Å². The highest BCUT2D eigenvalue weighted by Crippen LogP contribution is 2.33. The Kier molecular flexibility index (Phi) is 6.48. The van der Waals surface area contributed by atoms with E-state index in [0.717, 1.165) is 4.47 Å². The van der Waals surface area contributed by atoms with Crippen LogP contribution in [0.4, 0.5) is 5.69 Å². The molecule has 0 fully saturated rings. The smallest absolute Gasteiger partial charge is 0.234 e. The maximum absolute atomic E-state index is 12.2. The molecule has 0 atom stereocenters. The summed E-state index contributed by atoms with van der Waals surface area (Å²) in [6.45, 7) is 2.49. The van der Waals surface area contributed by atoms with Crippen molar-refractivity contribution in [3.8, 4) is 22.9 Å². The molecule has 3 rings (SSSR count). The van der Waals surface area contributed by atoms with E-state index in [2.05, 4.69) is 31.4 Å². The average Bonchev–Trinajstić information content (AvgIpc) is 3.07. The molecule has 0 aliphatic carbocycles. The quantitative estimate of drug-likeness (QED) is 0.352. The summed E-state index contributed by atoms with van der Waals surface area (Å²) in [5.41, 5.74) is 0.831. The zero-order chi connectivity index (χ0) is 20.3. The highest BCUT2D eigenvalue weighted by atomic mass is 79.9. The van der Waals surface area contributed by atoms with E-state index < -0.39 is 0 Å². The number of phenolic OH excluding ortho intramolecular Hbond substituents is 2. The van der Waals surface area contributed by atoms with Crippen LogP contribution < -0.4 is 5.32 Å². The normalized spacial score (nSPS) is 10.8. The molecule has 0 unspecified atom stereocenters. The third-order valence-electron chi connectivity index (χ3n) is 3.80. The summed E-state index contributed by atoms with van der Waals surface area (Å²) in [4.78, 5) is 12.2. The first-order valence-corrected chi connectivity index (χ1v) is 10.4. The Labute approximate surface area is 178 Å². The molecule has 0 aliphatic heterocycles. The van der Waals surface area contributed by atoms with Gasteiger partial charge in [0.05, 0.1) is 17.0 Å². The zero-order valence-corrected chi connectivity index (χ0v) is 17.8. The van der Waals surface area contributed by atoms with Crippen LogP contribution in [0.15, 0.2) is 46.0 Å². The average molecular weight is 484 g/mol. The number of carbonyl (C=O) groups is 1. The second kappa shape index (κ2) is 8.85. The van der Waals surface area contributed by atoms with Crippen LogP contribution in [-0.4, -0.2) is 36.6 Å². The number of aromatic nitrogens is 3. The van der Waals surface area contributed by atoms with Gasteiger partial charge in [0, 0.05) is 22.1 Å². The van der Waals surface area contributed by atoms with Crippen LogP contribution in [0, 0.1) is 0 Å². The molecule has 1 aromatic heterocycles. The standard InChI is InChI=1S/C18H16BrClN4O3S/c1-2-24-17(12-7-10(19)3-6-14(12)25)22-23-18(24)28-9-16(27)21-13-5-4-11(20)8-15(13)26/h3-8,25-26H,2,9H2,1H3,(H,21,27). The number of anilines is 1. The van der Waals surface area contributed by atoms with Crippen LogP contribution in [0.2, 0.25) is 5.02 Å². The van der Waals surface area contributed by atoms with Crippen LogP contribution in [0.1, 0.15) is 6.92 Å². The van der Waals surface area contributed by atoms with E-state index in [1.54, 1.807) is 24.3 Å². The number of rotatable bonds is 6. The van der Waals surface area contributed by atoms with Gasteiger partial charge < -0.3 is 20.1 Å². The van der Waals surface area contributed by atoms with Crippen molar-refractivity contribution in [2.75, 3.05) is 11.1 Å². The molecule has 146 valence electrons. The molecule has 1 amide bonds. The molecule has 0 aliphatic rings. The van der Waals surface area contributed by atoms with Crippen molar-refractivity contribution >= 4 is 50.9 Å². The summed E-state index contributed by atoms with van der Waals surface area (Å²) in [5, 5.41) is 31.8. The van der Waals surface area contributed by atoms with E-state index in [0.29, 0.717) is 28.1 Å². The van der Waals surface area contributed by atoms with Crippen LogP contribution in [-0.2, 0) is 11.3 Å². The molecule has 0 radical (unpaired) electrons. The van der Waals surface area contributed by atoms with E-state index in [1.165, 1.54) is 23.9 Å². The van der Waals surface area contributed by atoms with E-state index in [9.17, 15) is 15.0 Å². The summed E-state index contributed by atoms with van der Waals surface area (Å²) >= 11 is 10.4. The van der Waals surface area contributed by atoms with E-state index >= 15 is 0 Å². The lowest BCUT2D eigenvalue weighted by atomic mass is 10.2. The minimum atomic E-state index is -0.305. The number of phenols is 2. The third-order valence-corrected chi connectivity index (χ3v) is 5.49. The van der Waals surface area contributed by atoms with Crippen LogP contribution in [0.3, 0.4) is 0 Å². The van der Waals surface area contributed by atoms with Gasteiger partial charge >= 0.3 is 0 Å². The minimum absolute atomic E-state index is 0.0741. The predicted octanol–water partition coefficient (Wildman–Crippen LogP) is 4.52. The Morgan fingerprint density at radius 1 is 1.21 bits per heavy atom. The highest BCUT2D eigenvalue weighted by molar-refractivity contribution is 9.10. The fourth-order valence-electron chi connectivity index (χ4n) is 2.49. The monoisotopic (exact) mass is 482 g/mol. The molecule has 10 heteroatoms. The maximum atomic E-state index is 12.2. The van der Waals surface area contributed by atoms with E-state index in [4.69, 9.17) is 11.6 Å². The number of halogens is 2. The third kappa shape index (κ3) is 4.60. The van der Waals surface area contributed by atoms with Crippen molar-refractivity contribution in [1.82, 2.24) is 14.8 Å². The number of amides is 1. The highest BCUT2D eigenvalue weighted by Gasteiger charge is 2.17. The van der Waals surface area contributed by atoms with Crippen molar-refractivity contribution in [1.29, 1.82) is 0 Å². The van der Waals surface area contributed by atoms with Gasteiger partial charge in [0.25, 0.3) is 0 Å². The molecule has 2 aromatic carbocycles. The number of carbonyl (C=O) groups excluding carboxylic acids is 1. The molecule has 0 bridgehead atoms. The molecule has 1 heterocycles. The molecular formula is C18H16BrClN4O3S. The number of benzene rings is 2. The second-order valence-corrected chi connectivity index (χ2v) is 8.00. The van der Waals surface area contributed by atoms with Gasteiger partial charge in [-0.25, -0.2) is 0 Å². The Balaban J connectivity index is 1.73. The topological polar surface area (TPSA) is 100 Å². The number of aromatic hydroxyl groups is 2. The molecule has 0 saturated heterocycles. The summed E-state index contributed by atoms with van der Waals surface area (Å²) in [6.07, 6.45) is 0. The SMILES string of the molecule is CCn1c(SCC(=O)Nc2ccc(Cl)cc2O)nnc1-c1cc(Br)ccc1O. The largest absolute Gasteiger partial charge is 0.507 e. The molecule has 7 nitrogen and oxygen atoms in total. The summed E-state index contributed by atoms with van der Waals surface area (Å²) in [6, 6.07) is 9.53. The van der Waals surface area contributed by atoms with Gasteiger partial charge in [-0.05, 0) is 37.3 Å². The Morgan fingerprint density at radius 3 is 2.71 bits per heavy atom. The maximum Gasteiger partial charge on any atom is 0.234 e. The first-order chi connectivity index (χ1) is 13.4. The summed E-state index contributed by atoms with van der Waals surface area (Å²) in [7, 11) is 0. The van der Waals surface area contributed by atoms with Gasteiger partial charge in [0.1, 0.15) is 11.5 Å². The molecular weight excluding hydrogens is 468 g/mol.